The van der Waals surface area contributed by atoms with Crippen LogP contribution >= 0.6 is 0 Å². The molecule has 2 nitrogen and oxygen atoms in total. The molecular formula is C12H24N2. The lowest BCUT2D eigenvalue weighted by molar-refractivity contribution is 0.381. The van der Waals surface area contributed by atoms with Crippen LogP contribution in [0.25, 0.3) is 0 Å². The fourth-order valence-electron chi connectivity index (χ4n) is 2.20. The van der Waals surface area contributed by atoms with E-state index >= 15 is 0 Å². The molecule has 0 aromatic carbocycles. The third-order valence-electron chi connectivity index (χ3n) is 3.25. The fourth-order valence-corrected chi connectivity index (χ4v) is 2.20. The van der Waals surface area contributed by atoms with E-state index in [1.54, 1.807) is 0 Å². The summed E-state index contributed by atoms with van der Waals surface area (Å²) in [6, 6.07) is 0. The molecule has 0 aliphatic heterocycles. The Labute approximate surface area is 88.2 Å². The number of hydrogen-bond acceptors (Lipinski definition) is 1. The van der Waals surface area contributed by atoms with Crippen LogP contribution in [0.5, 0.6) is 0 Å². The zero-order valence-corrected chi connectivity index (χ0v) is 9.68. The molecule has 82 valence electrons. The second kappa shape index (κ2) is 6.05. The van der Waals surface area contributed by atoms with E-state index in [1.807, 2.05) is 0 Å². The van der Waals surface area contributed by atoms with Gasteiger partial charge in [0.25, 0.3) is 0 Å². The first-order valence-electron chi connectivity index (χ1n) is 6.05. The summed E-state index contributed by atoms with van der Waals surface area (Å²) in [7, 11) is 2.08. The Hall–Kier alpha value is -0.530. The first-order chi connectivity index (χ1) is 6.75. The normalized spacial score (nSPS) is 18.1. The molecule has 1 saturated carbocycles. The van der Waals surface area contributed by atoms with Crippen molar-refractivity contribution < 1.29 is 0 Å². The lowest BCUT2D eigenvalue weighted by atomic mass is 9.88. The maximum atomic E-state index is 8.09. The zero-order chi connectivity index (χ0) is 10.4. The number of amidine groups is 1. The lowest BCUT2D eigenvalue weighted by Gasteiger charge is -2.29. The minimum absolute atomic E-state index is 0.561. The molecule has 0 heterocycles. The summed E-state index contributed by atoms with van der Waals surface area (Å²) in [5.41, 5.74) is 0. The van der Waals surface area contributed by atoms with Crippen molar-refractivity contribution >= 4 is 5.84 Å². The molecule has 0 saturated heterocycles. The van der Waals surface area contributed by atoms with Gasteiger partial charge in [-0.25, -0.2) is 0 Å². The van der Waals surface area contributed by atoms with E-state index < -0.39 is 0 Å². The first kappa shape index (κ1) is 11.5. The summed E-state index contributed by atoms with van der Waals surface area (Å²) < 4.78 is 0. The number of unbranched alkanes of at least 4 members (excludes halogenated alkanes) is 1. The van der Waals surface area contributed by atoms with Crippen molar-refractivity contribution in [3.05, 3.63) is 0 Å². The van der Waals surface area contributed by atoms with Gasteiger partial charge in [-0.05, 0) is 19.3 Å². The predicted octanol–water partition coefficient (Wildman–Crippen LogP) is 3.28. The Morgan fingerprint density at radius 1 is 1.29 bits per heavy atom. The van der Waals surface area contributed by atoms with Gasteiger partial charge in [0.05, 0.1) is 5.84 Å². The van der Waals surface area contributed by atoms with Gasteiger partial charge in [-0.1, -0.05) is 32.6 Å². The molecule has 1 fully saturated rings. The molecule has 2 heteroatoms. The Morgan fingerprint density at radius 2 is 1.93 bits per heavy atom. The van der Waals surface area contributed by atoms with Gasteiger partial charge in [-0.3, -0.25) is 5.41 Å². The number of rotatable bonds is 4. The van der Waals surface area contributed by atoms with Crippen LogP contribution < -0.4 is 0 Å². The van der Waals surface area contributed by atoms with E-state index in [0.29, 0.717) is 5.92 Å². The maximum Gasteiger partial charge on any atom is 0.0986 e. The van der Waals surface area contributed by atoms with Crippen molar-refractivity contribution in [2.24, 2.45) is 5.92 Å². The molecule has 0 aromatic rings. The fraction of sp³-hybridized carbons (Fsp3) is 0.917. The molecule has 1 aliphatic rings. The monoisotopic (exact) mass is 196 g/mol. The molecule has 0 atom stereocenters. The molecule has 0 spiro atoms. The molecule has 0 unspecified atom stereocenters. The van der Waals surface area contributed by atoms with Gasteiger partial charge >= 0.3 is 0 Å². The zero-order valence-electron chi connectivity index (χ0n) is 9.68. The van der Waals surface area contributed by atoms with Gasteiger partial charge in [0.1, 0.15) is 0 Å². The van der Waals surface area contributed by atoms with Crippen LogP contribution in [0.4, 0.5) is 0 Å². The van der Waals surface area contributed by atoms with Gasteiger partial charge in [0, 0.05) is 19.5 Å². The molecule has 1 N–H and O–H groups in total. The van der Waals surface area contributed by atoms with Gasteiger partial charge in [0.15, 0.2) is 0 Å². The van der Waals surface area contributed by atoms with Gasteiger partial charge in [0.2, 0.25) is 0 Å². The molecule has 1 rings (SSSR count). The number of nitrogens with one attached hydrogen (secondary N) is 1. The topological polar surface area (TPSA) is 27.1 Å². The Morgan fingerprint density at radius 3 is 2.50 bits per heavy atom. The third kappa shape index (κ3) is 3.32. The third-order valence-corrected chi connectivity index (χ3v) is 3.25. The van der Waals surface area contributed by atoms with Crippen molar-refractivity contribution in [2.45, 2.75) is 51.9 Å². The summed E-state index contributed by atoms with van der Waals surface area (Å²) in [5, 5.41) is 8.09. The van der Waals surface area contributed by atoms with E-state index in [4.69, 9.17) is 5.41 Å². The Balaban J connectivity index is 2.30. The summed E-state index contributed by atoms with van der Waals surface area (Å²) in [5.74, 6) is 1.45. The molecule has 0 amide bonds. The van der Waals surface area contributed by atoms with Crippen LogP contribution in [-0.4, -0.2) is 24.3 Å². The van der Waals surface area contributed by atoms with Gasteiger partial charge < -0.3 is 4.90 Å². The molecule has 0 radical (unpaired) electrons. The summed E-state index contributed by atoms with van der Waals surface area (Å²) >= 11 is 0. The predicted molar refractivity (Wildman–Crippen MR) is 61.8 cm³/mol. The van der Waals surface area contributed by atoms with Crippen LogP contribution in [0.15, 0.2) is 0 Å². The van der Waals surface area contributed by atoms with Crippen LogP contribution in [0.3, 0.4) is 0 Å². The van der Waals surface area contributed by atoms with E-state index in [2.05, 4.69) is 18.9 Å². The largest absolute Gasteiger partial charge is 0.363 e. The average molecular weight is 196 g/mol. The second-order valence-corrected chi connectivity index (χ2v) is 4.50. The molecule has 0 bridgehead atoms. The smallest absolute Gasteiger partial charge is 0.0986 e. The first-order valence-corrected chi connectivity index (χ1v) is 6.05. The SMILES string of the molecule is CCCCN(C)C(=N)C1CCCCC1. The van der Waals surface area contributed by atoms with Crippen molar-refractivity contribution in [2.75, 3.05) is 13.6 Å². The Bertz CT molecular complexity index is 171. The van der Waals surface area contributed by atoms with E-state index in [1.165, 1.54) is 44.9 Å². The number of hydrogen-bond donors (Lipinski definition) is 1. The average Bonchev–Trinajstić information content (AvgIpc) is 2.26. The lowest BCUT2D eigenvalue weighted by Crippen LogP contribution is -2.34. The van der Waals surface area contributed by atoms with E-state index in [0.717, 1.165) is 12.4 Å². The van der Waals surface area contributed by atoms with Crippen LogP contribution in [-0.2, 0) is 0 Å². The quantitative estimate of drug-likeness (QED) is 0.542. The van der Waals surface area contributed by atoms with Crippen molar-refractivity contribution in [1.29, 1.82) is 5.41 Å². The standard InChI is InChI=1S/C12H24N2/c1-3-4-10-14(2)12(13)11-8-6-5-7-9-11/h11,13H,3-10H2,1-2H3. The van der Waals surface area contributed by atoms with Gasteiger partial charge in [-0.15, -0.1) is 0 Å². The van der Waals surface area contributed by atoms with E-state index in [-0.39, 0.29) is 0 Å². The van der Waals surface area contributed by atoms with Crippen molar-refractivity contribution in [3.8, 4) is 0 Å². The molecule has 1 aliphatic carbocycles. The number of nitrogens with zero attached hydrogens (tertiary/aromatic N) is 1. The minimum atomic E-state index is 0.561. The van der Waals surface area contributed by atoms with E-state index in [9.17, 15) is 0 Å². The highest BCUT2D eigenvalue weighted by Gasteiger charge is 2.20. The summed E-state index contributed by atoms with van der Waals surface area (Å²) in [4.78, 5) is 2.15. The van der Waals surface area contributed by atoms with Crippen molar-refractivity contribution in [3.63, 3.8) is 0 Å². The van der Waals surface area contributed by atoms with Crippen molar-refractivity contribution in [1.82, 2.24) is 4.90 Å². The maximum absolute atomic E-state index is 8.09. The van der Waals surface area contributed by atoms with Crippen LogP contribution in [0, 0.1) is 11.3 Å². The minimum Gasteiger partial charge on any atom is -0.363 e. The highest BCUT2D eigenvalue weighted by molar-refractivity contribution is 5.81. The van der Waals surface area contributed by atoms with Gasteiger partial charge in [-0.2, -0.15) is 0 Å². The Kier molecular flexibility index (Phi) is 4.99. The highest BCUT2D eigenvalue weighted by Crippen LogP contribution is 2.25. The molecule has 0 aromatic heterocycles. The molecular weight excluding hydrogens is 172 g/mol. The highest BCUT2D eigenvalue weighted by atomic mass is 15.1. The van der Waals surface area contributed by atoms with Crippen LogP contribution in [0.1, 0.15) is 51.9 Å². The van der Waals surface area contributed by atoms with Crippen LogP contribution in [0.2, 0.25) is 0 Å². The summed E-state index contributed by atoms with van der Waals surface area (Å²) in [6.45, 7) is 3.27. The summed E-state index contributed by atoms with van der Waals surface area (Å²) in [6.07, 6.45) is 8.96. The second-order valence-electron chi connectivity index (χ2n) is 4.50. The molecule has 14 heavy (non-hydrogen) atoms.